The van der Waals surface area contributed by atoms with Crippen LogP contribution in [-0.2, 0) is 0 Å². The fraction of sp³-hybridized carbons (Fsp3) is 0.583. The van der Waals surface area contributed by atoms with Gasteiger partial charge in [0.15, 0.2) is 0 Å². The number of aryl methyl sites for hydroxylation is 1. The lowest BCUT2D eigenvalue weighted by Crippen LogP contribution is -2.25. The van der Waals surface area contributed by atoms with Crippen molar-refractivity contribution in [2.45, 2.75) is 32.2 Å². The van der Waals surface area contributed by atoms with Gasteiger partial charge in [-0.1, -0.05) is 12.5 Å². The van der Waals surface area contributed by atoms with E-state index in [1.165, 1.54) is 24.8 Å². The van der Waals surface area contributed by atoms with E-state index in [4.69, 9.17) is 11.6 Å². The number of halogens is 1. The molecule has 1 N–H and O–H groups in total. The second-order valence-corrected chi connectivity index (χ2v) is 4.57. The number of rotatable bonds is 3. The van der Waals surface area contributed by atoms with E-state index in [0.717, 1.165) is 11.7 Å². The van der Waals surface area contributed by atoms with Gasteiger partial charge in [0.1, 0.15) is 5.82 Å². The van der Waals surface area contributed by atoms with E-state index in [-0.39, 0.29) is 0 Å². The molecule has 82 valence electrons. The van der Waals surface area contributed by atoms with Crippen molar-refractivity contribution in [3.05, 3.63) is 23.9 Å². The van der Waals surface area contributed by atoms with E-state index in [9.17, 15) is 0 Å². The van der Waals surface area contributed by atoms with E-state index in [1.807, 2.05) is 12.3 Å². The second-order valence-electron chi connectivity index (χ2n) is 4.27. The first-order valence-corrected chi connectivity index (χ1v) is 6.09. The summed E-state index contributed by atoms with van der Waals surface area (Å²) in [6, 6.07) is 4.56. The van der Waals surface area contributed by atoms with E-state index in [1.54, 1.807) is 0 Å². The van der Waals surface area contributed by atoms with Crippen LogP contribution < -0.4 is 5.32 Å². The molecule has 0 saturated heterocycles. The molecule has 0 radical (unpaired) electrons. The summed E-state index contributed by atoms with van der Waals surface area (Å²) in [5.41, 5.74) is 1.21. The highest BCUT2D eigenvalue weighted by molar-refractivity contribution is 6.18. The van der Waals surface area contributed by atoms with Crippen molar-refractivity contribution in [3.63, 3.8) is 0 Å². The first-order chi connectivity index (χ1) is 7.31. The van der Waals surface area contributed by atoms with Gasteiger partial charge in [0.05, 0.1) is 0 Å². The van der Waals surface area contributed by atoms with Gasteiger partial charge in [-0.2, -0.15) is 0 Å². The standard InChI is InChI=1S/C12H17ClN2/c1-9-4-3-7-14-12(9)15-11-6-2-5-10(11)8-13/h3-4,7,10-11H,2,5-6,8H2,1H3,(H,14,15). The molecule has 1 aliphatic rings. The summed E-state index contributed by atoms with van der Waals surface area (Å²) in [7, 11) is 0. The highest BCUT2D eigenvalue weighted by Gasteiger charge is 2.26. The minimum Gasteiger partial charge on any atom is -0.367 e. The molecule has 2 rings (SSSR count). The maximum Gasteiger partial charge on any atom is 0.129 e. The molecule has 0 aromatic carbocycles. The summed E-state index contributed by atoms with van der Waals surface area (Å²) >= 11 is 5.95. The minimum atomic E-state index is 0.510. The average Bonchev–Trinajstić information content (AvgIpc) is 2.69. The minimum absolute atomic E-state index is 0.510. The monoisotopic (exact) mass is 224 g/mol. The average molecular weight is 225 g/mol. The van der Waals surface area contributed by atoms with Gasteiger partial charge >= 0.3 is 0 Å². The number of nitrogens with zero attached hydrogens (tertiary/aromatic N) is 1. The van der Waals surface area contributed by atoms with E-state index >= 15 is 0 Å². The molecule has 3 heteroatoms. The Morgan fingerprint density at radius 2 is 2.40 bits per heavy atom. The SMILES string of the molecule is Cc1cccnc1NC1CCCC1CCl. The summed E-state index contributed by atoms with van der Waals surface area (Å²) < 4.78 is 0. The molecule has 0 amide bonds. The largest absolute Gasteiger partial charge is 0.367 e. The Kier molecular flexibility index (Phi) is 3.47. The normalized spacial score (nSPS) is 25.5. The topological polar surface area (TPSA) is 24.9 Å². The molecule has 2 unspecified atom stereocenters. The van der Waals surface area contributed by atoms with E-state index < -0.39 is 0 Å². The van der Waals surface area contributed by atoms with Crippen LogP contribution in [0.25, 0.3) is 0 Å². The lowest BCUT2D eigenvalue weighted by atomic mass is 10.1. The Labute approximate surface area is 96.1 Å². The van der Waals surface area contributed by atoms with Gasteiger partial charge in [-0.3, -0.25) is 0 Å². The summed E-state index contributed by atoms with van der Waals surface area (Å²) in [4.78, 5) is 4.36. The van der Waals surface area contributed by atoms with Crippen molar-refractivity contribution >= 4 is 17.4 Å². The predicted molar refractivity (Wildman–Crippen MR) is 64.4 cm³/mol. The molecule has 1 fully saturated rings. The first kappa shape index (κ1) is 10.7. The van der Waals surface area contributed by atoms with Crippen molar-refractivity contribution in [2.75, 3.05) is 11.2 Å². The molecule has 1 aliphatic carbocycles. The summed E-state index contributed by atoms with van der Waals surface area (Å²) in [5.74, 6) is 2.37. The molecule has 1 aromatic rings. The second kappa shape index (κ2) is 4.84. The molecule has 0 aliphatic heterocycles. The maximum absolute atomic E-state index is 5.95. The molecule has 0 spiro atoms. The number of alkyl halides is 1. The molecule has 0 bridgehead atoms. The van der Waals surface area contributed by atoms with Crippen LogP contribution in [0, 0.1) is 12.8 Å². The maximum atomic E-state index is 5.95. The third-order valence-electron chi connectivity index (χ3n) is 3.19. The third kappa shape index (κ3) is 2.43. The number of aromatic nitrogens is 1. The number of anilines is 1. The van der Waals surface area contributed by atoms with Crippen LogP contribution in [0.4, 0.5) is 5.82 Å². The van der Waals surface area contributed by atoms with Crippen LogP contribution >= 0.6 is 11.6 Å². The zero-order valence-corrected chi connectivity index (χ0v) is 9.80. The van der Waals surface area contributed by atoms with Gasteiger partial charge in [-0.05, 0) is 37.3 Å². The summed E-state index contributed by atoms with van der Waals surface area (Å²) in [6.45, 7) is 2.08. The summed E-state index contributed by atoms with van der Waals surface area (Å²) in [5, 5.41) is 3.51. The number of pyridine rings is 1. The highest BCUT2D eigenvalue weighted by Crippen LogP contribution is 2.29. The highest BCUT2D eigenvalue weighted by atomic mass is 35.5. The van der Waals surface area contributed by atoms with Crippen molar-refractivity contribution in [1.82, 2.24) is 4.98 Å². The Balaban J connectivity index is 2.05. The zero-order chi connectivity index (χ0) is 10.7. The van der Waals surface area contributed by atoms with Gasteiger partial charge in [-0.25, -0.2) is 4.98 Å². The molecule has 2 nitrogen and oxygen atoms in total. The van der Waals surface area contributed by atoms with Crippen molar-refractivity contribution in [3.8, 4) is 0 Å². The van der Waals surface area contributed by atoms with Crippen LogP contribution in [0.15, 0.2) is 18.3 Å². The smallest absolute Gasteiger partial charge is 0.129 e. The molecular formula is C12H17ClN2. The van der Waals surface area contributed by atoms with E-state index in [0.29, 0.717) is 12.0 Å². The van der Waals surface area contributed by atoms with Crippen molar-refractivity contribution in [2.24, 2.45) is 5.92 Å². The quantitative estimate of drug-likeness (QED) is 0.798. The van der Waals surface area contributed by atoms with Crippen LogP contribution in [0.2, 0.25) is 0 Å². The van der Waals surface area contributed by atoms with Gasteiger partial charge in [0.2, 0.25) is 0 Å². The molecule has 1 saturated carbocycles. The molecule has 1 heterocycles. The van der Waals surface area contributed by atoms with Gasteiger partial charge in [0.25, 0.3) is 0 Å². The summed E-state index contributed by atoms with van der Waals surface area (Å²) in [6.07, 6.45) is 5.57. The van der Waals surface area contributed by atoms with Gasteiger partial charge in [0, 0.05) is 18.1 Å². The molecule has 15 heavy (non-hydrogen) atoms. The van der Waals surface area contributed by atoms with E-state index in [2.05, 4.69) is 23.3 Å². The Morgan fingerprint density at radius 3 is 3.13 bits per heavy atom. The van der Waals surface area contributed by atoms with Gasteiger partial charge in [-0.15, -0.1) is 11.6 Å². The molecular weight excluding hydrogens is 208 g/mol. The first-order valence-electron chi connectivity index (χ1n) is 5.55. The Bertz CT molecular complexity index is 327. The molecule has 2 atom stereocenters. The predicted octanol–water partition coefficient (Wildman–Crippen LogP) is 3.21. The molecule has 1 aromatic heterocycles. The zero-order valence-electron chi connectivity index (χ0n) is 9.04. The number of hydrogen-bond donors (Lipinski definition) is 1. The lowest BCUT2D eigenvalue weighted by molar-refractivity contribution is 0.561. The Hall–Kier alpha value is -0.760. The van der Waals surface area contributed by atoms with Gasteiger partial charge < -0.3 is 5.32 Å². The fourth-order valence-electron chi connectivity index (χ4n) is 2.22. The van der Waals surface area contributed by atoms with Crippen molar-refractivity contribution in [1.29, 1.82) is 0 Å². The van der Waals surface area contributed by atoms with Crippen LogP contribution in [0.5, 0.6) is 0 Å². The van der Waals surface area contributed by atoms with Crippen LogP contribution in [0.3, 0.4) is 0 Å². The lowest BCUT2D eigenvalue weighted by Gasteiger charge is -2.20. The van der Waals surface area contributed by atoms with Crippen LogP contribution in [-0.4, -0.2) is 16.9 Å². The van der Waals surface area contributed by atoms with Crippen LogP contribution in [0.1, 0.15) is 24.8 Å². The van der Waals surface area contributed by atoms with Crippen molar-refractivity contribution < 1.29 is 0 Å². The third-order valence-corrected chi connectivity index (χ3v) is 3.59. The number of nitrogens with one attached hydrogen (secondary N) is 1. The Morgan fingerprint density at radius 1 is 1.53 bits per heavy atom. The number of hydrogen-bond acceptors (Lipinski definition) is 2. The fourth-order valence-corrected chi connectivity index (χ4v) is 2.59.